The maximum Gasteiger partial charge on any atom is 0.252 e. The molecule has 1 N–H and O–H groups in total. The minimum absolute atomic E-state index is 0.122. The Balaban J connectivity index is 1.59. The van der Waals surface area contributed by atoms with E-state index in [0.717, 1.165) is 16.8 Å². The SMILES string of the molecule is O=c1ccc2cnc(Nc3ccccc3)nc2n1CCOc1ccccc1. The number of hydrogen-bond acceptors (Lipinski definition) is 5. The second-order valence-electron chi connectivity index (χ2n) is 5.95. The number of hydrogen-bond donors (Lipinski definition) is 1. The Morgan fingerprint density at radius 2 is 1.67 bits per heavy atom. The minimum Gasteiger partial charge on any atom is -0.492 e. The van der Waals surface area contributed by atoms with E-state index in [1.807, 2.05) is 60.7 Å². The van der Waals surface area contributed by atoms with Crippen molar-refractivity contribution in [1.29, 1.82) is 0 Å². The van der Waals surface area contributed by atoms with E-state index in [-0.39, 0.29) is 5.56 Å². The summed E-state index contributed by atoms with van der Waals surface area (Å²) in [7, 11) is 0. The zero-order chi connectivity index (χ0) is 18.5. The number of nitrogens with zero attached hydrogens (tertiary/aromatic N) is 3. The van der Waals surface area contributed by atoms with Crippen molar-refractivity contribution >= 4 is 22.7 Å². The molecule has 0 spiro atoms. The molecule has 4 aromatic rings. The lowest BCUT2D eigenvalue weighted by Gasteiger charge is -2.12. The van der Waals surface area contributed by atoms with Gasteiger partial charge in [-0.1, -0.05) is 36.4 Å². The first-order valence-electron chi connectivity index (χ1n) is 8.66. The van der Waals surface area contributed by atoms with Crippen molar-refractivity contribution in [3.05, 3.63) is 89.3 Å². The van der Waals surface area contributed by atoms with Crippen molar-refractivity contribution in [2.24, 2.45) is 0 Å². The van der Waals surface area contributed by atoms with Crippen LogP contribution in [0.4, 0.5) is 11.6 Å². The standard InChI is InChI=1S/C21H18N4O2/c26-19-12-11-16-15-22-21(23-17-7-3-1-4-8-17)24-20(16)25(19)13-14-27-18-9-5-2-6-10-18/h1-12,15H,13-14H2,(H,22,23,24). The van der Waals surface area contributed by atoms with Gasteiger partial charge in [-0.15, -0.1) is 0 Å². The van der Waals surface area contributed by atoms with Crippen molar-refractivity contribution < 1.29 is 4.74 Å². The van der Waals surface area contributed by atoms with Crippen LogP contribution in [0.1, 0.15) is 0 Å². The summed E-state index contributed by atoms with van der Waals surface area (Å²) in [6.45, 7) is 0.765. The summed E-state index contributed by atoms with van der Waals surface area (Å²) in [5.41, 5.74) is 1.34. The van der Waals surface area contributed by atoms with Crippen molar-refractivity contribution in [2.75, 3.05) is 11.9 Å². The van der Waals surface area contributed by atoms with Gasteiger partial charge in [-0.05, 0) is 30.3 Å². The maximum absolute atomic E-state index is 12.4. The molecule has 2 heterocycles. The highest BCUT2D eigenvalue weighted by Gasteiger charge is 2.07. The van der Waals surface area contributed by atoms with E-state index in [1.54, 1.807) is 16.8 Å². The first kappa shape index (κ1) is 16.8. The molecule has 4 rings (SSSR count). The quantitative estimate of drug-likeness (QED) is 0.570. The number of para-hydroxylation sites is 2. The van der Waals surface area contributed by atoms with E-state index in [9.17, 15) is 4.79 Å². The molecule has 0 atom stereocenters. The predicted molar refractivity (Wildman–Crippen MR) is 105 cm³/mol. The van der Waals surface area contributed by atoms with Crippen LogP contribution in [0, 0.1) is 0 Å². The fraction of sp³-hybridized carbons (Fsp3) is 0.0952. The van der Waals surface area contributed by atoms with Gasteiger partial charge in [0.25, 0.3) is 5.56 Å². The molecule has 0 aliphatic rings. The van der Waals surface area contributed by atoms with Gasteiger partial charge in [0.2, 0.25) is 5.95 Å². The summed E-state index contributed by atoms with van der Waals surface area (Å²) in [5, 5.41) is 3.95. The molecule has 0 saturated carbocycles. The zero-order valence-electron chi connectivity index (χ0n) is 14.6. The van der Waals surface area contributed by atoms with Gasteiger partial charge in [-0.2, -0.15) is 4.98 Å². The van der Waals surface area contributed by atoms with Crippen LogP contribution in [0.3, 0.4) is 0 Å². The fourth-order valence-electron chi connectivity index (χ4n) is 2.77. The molecule has 0 fully saturated rings. The number of fused-ring (bicyclic) bond motifs is 1. The van der Waals surface area contributed by atoms with Gasteiger partial charge in [0.15, 0.2) is 0 Å². The van der Waals surface area contributed by atoms with E-state index < -0.39 is 0 Å². The minimum atomic E-state index is -0.122. The van der Waals surface area contributed by atoms with E-state index in [1.165, 1.54) is 6.07 Å². The van der Waals surface area contributed by atoms with Gasteiger partial charge in [0.05, 0.1) is 6.54 Å². The Bertz CT molecular complexity index is 1100. The van der Waals surface area contributed by atoms with E-state index in [0.29, 0.717) is 24.7 Å². The molecule has 6 nitrogen and oxygen atoms in total. The molecule has 0 aliphatic carbocycles. The molecule has 2 aromatic carbocycles. The molecule has 134 valence electrons. The number of aromatic nitrogens is 3. The van der Waals surface area contributed by atoms with Crippen LogP contribution < -0.4 is 15.6 Å². The summed E-state index contributed by atoms with van der Waals surface area (Å²) in [6, 6.07) is 22.4. The Hall–Kier alpha value is -3.67. The third kappa shape index (κ3) is 3.95. The molecule has 0 amide bonds. The van der Waals surface area contributed by atoms with Crippen molar-refractivity contribution in [1.82, 2.24) is 14.5 Å². The molecule has 0 radical (unpaired) electrons. The van der Waals surface area contributed by atoms with Crippen molar-refractivity contribution in [3.8, 4) is 5.75 Å². The lowest BCUT2D eigenvalue weighted by molar-refractivity contribution is 0.298. The Morgan fingerprint density at radius 3 is 2.44 bits per heavy atom. The third-order valence-electron chi connectivity index (χ3n) is 4.08. The lowest BCUT2D eigenvalue weighted by atomic mass is 10.3. The number of rotatable bonds is 6. The summed E-state index contributed by atoms with van der Waals surface area (Å²) in [5.74, 6) is 1.21. The van der Waals surface area contributed by atoms with Gasteiger partial charge < -0.3 is 10.1 Å². The van der Waals surface area contributed by atoms with Gasteiger partial charge in [0.1, 0.15) is 18.0 Å². The van der Waals surface area contributed by atoms with Gasteiger partial charge in [0, 0.05) is 23.3 Å². The van der Waals surface area contributed by atoms with Crippen LogP contribution in [0.5, 0.6) is 5.75 Å². The molecular weight excluding hydrogens is 340 g/mol. The largest absolute Gasteiger partial charge is 0.492 e. The lowest BCUT2D eigenvalue weighted by Crippen LogP contribution is -2.23. The average Bonchev–Trinajstić information content (AvgIpc) is 2.71. The average molecular weight is 358 g/mol. The summed E-state index contributed by atoms with van der Waals surface area (Å²) in [4.78, 5) is 21.2. The molecular formula is C21H18N4O2. The van der Waals surface area contributed by atoms with Crippen molar-refractivity contribution in [2.45, 2.75) is 6.54 Å². The van der Waals surface area contributed by atoms with Gasteiger partial charge in [-0.25, -0.2) is 4.98 Å². The molecule has 6 heteroatoms. The van der Waals surface area contributed by atoms with Crippen LogP contribution in [0.25, 0.3) is 11.0 Å². The summed E-state index contributed by atoms with van der Waals surface area (Å²) in [6.07, 6.45) is 1.71. The van der Waals surface area contributed by atoms with Crippen LogP contribution in [0.2, 0.25) is 0 Å². The summed E-state index contributed by atoms with van der Waals surface area (Å²) < 4.78 is 7.33. The molecule has 2 aromatic heterocycles. The summed E-state index contributed by atoms with van der Waals surface area (Å²) >= 11 is 0. The molecule has 0 aliphatic heterocycles. The third-order valence-corrected chi connectivity index (χ3v) is 4.08. The van der Waals surface area contributed by atoms with Crippen LogP contribution in [0.15, 0.2) is 83.8 Å². The molecule has 0 bridgehead atoms. The maximum atomic E-state index is 12.4. The molecule has 0 unspecified atom stereocenters. The number of ether oxygens (including phenoxy) is 1. The normalized spacial score (nSPS) is 10.7. The highest BCUT2D eigenvalue weighted by atomic mass is 16.5. The highest BCUT2D eigenvalue weighted by molar-refractivity contribution is 5.75. The molecule has 27 heavy (non-hydrogen) atoms. The fourth-order valence-corrected chi connectivity index (χ4v) is 2.77. The number of pyridine rings is 1. The first-order valence-corrected chi connectivity index (χ1v) is 8.66. The van der Waals surface area contributed by atoms with E-state index >= 15 is 0 Å². The van der Waals surface area contributed by atoms with Crippen LogP contribution >= 0.6 is 0 Å². The van der Waals surface area contributed by atoms with Crippen molar-refractivity contribution in [3.63, 3.8) is 0 Å². The van der Waals surface area contributed by atoms with Gasteiger partial charge >= 0.3 is 0 Å². The zero-order valence-corrected chi connectivity index (χ0v) is 14.6. The topological polar surface area (TPSA) is 69.0 Å². The number of nitrogens with one attached hydrogen (secondary N) is 1. The first-order chi connectivity index (χ1) is 13.3. The molecule has 0 saturated heterocycles. The Kier molecular flexibility index (Phi) is 4.78. The predicted octanol–water partition coefficient (Wildman–Crippen LogP) is 3.61. The monoisotopic (exact) mass is 358 g/mol. The number of benzene rings is 2. The van der Waals surface area contributed by atoms with E-state index in [4.69, 9.17) is 4.74 Å². The second-order valence-corrected chi connectivity index (χ2v) is 5.95. The highest BCUT2D eigenvalue weighted by Crippen LogP contribution is 2.15. The smallest absolute Gasteiger partial charge is 0.252 e. The Labute approximate surface area is 156 Å². The van der Waals surface area contributed by atoms with Crippen LogP contribution in [-0.4, -0.2) is 21.1 Å². The number of anilines is 2. The van der Waals surface area contributed by atoms with Crippen LogP contribution in [-0.2, 0) is 6.54 Å². The van der Waals surface area contributed by atoms with E-state index in [2.05, 4.69) is 15.3 Å². The second kappa shape index (κ2) is 7.70. The van der Waals surface area contributed by atoms with Gasteiger partial charge in [-0.3, -0.25) is 9.36 Å². The Morgan fingerprint density at radius 1 is 0.926 bits per heavy atom.